The molecule has 5 heteroatoms. The van der Waals surface area contributed by atoms with Crippen LogP contribution in [0.1, 0.15) is 15.9 Å². The summed E-state index contributed by atoms with van der Waals surface area (Å²) >= 11 is 5.89. The number of nitrogen functional groups attached to an aromatic ring is 1. The second-order valence-electron chi connectivity index (χ2n) is 3.90. The maximum absolute atomic E-state index is 13.5. The summed E-state index contributed by atoms with van der Waals surface area (Å²) in [5.41, 5.74) is 6.76. The van der Waals surface area contributed by atoms with Crippen molar-refractivity contribution in [2.45, 2.75) is 6.61 Å². The molecule has 2 aromatic rings. The van der Waals surface area contributed by atoms with Gasteiger partial charge < -0.3 is 10.5 Å². The van der Waals surface area contributed by atoms with Crippen LogP contribution in [0.4, 0.5) is 10.1 Å². The molecule has 0 aliphatic carbocycles. The second-order valence-corrected chi connectivity index (χ2v) is 4.31. The van der Waals surface area contributed by atoms with Gasteiger partial charge in [-0.25, -0.2) is 4.39 Å². The van der Waals surface area contributed by atoms with E-state index >= 15 is 0 Å². The Bertz CT molecular complexity index is 596. The van der Waals surface area contributed by atoms with Gasteiger partial charge in [0.1, 0.15) is 24.5 Å². The smallest absolute Gasteiger partial charge is 0.150 e. The number of hydrogen-bond donors (Lipinski definition) is 1. The van der Waals surface area contributed by atoms with Gasteiger partial charge >= 0.3 is 0 Å². The van der Waals surface area contributed by atoms with E-state index < -0.39 is 5.82 Å². The molecule has 3 nitrogen and oxygen atoms in total. The summed E-state index contributed by atoms with van der Waals surface area (Å²) in [5, 5.41) is 0.295. The zero-order valence-corrected chi connectivity index (χ0v) is 10.7. The Labute approximate surface area is 114 Å². The van der Waals surface area contributed by atoms with Crippen LogP contribution in [0.5, 0.6) is 5.75 Å². The second kappa shape index (κ2) is 5.71. The summed E-state index contributed by atoms with van der Waals surface area (Å²) in [6.45, 7) is -0.0316. The number of aldehydes is 1. The van der Waals surface area contributed by atoms with E-state index in [4.69, 9.17) is 22.1 Å². The summed E-state index contributed by atoms with van der Waals surface area (Å²) in [6, 6.07) is 9.04. The fourth-order valence-electron chi connectivity index (χ4n) is 1.59. The number of hydrogen-bond acceptors (Lipinski definition) is 3. The van der Waals surface area contributed by atoms with Crippen molar-refractivity contribution in [3.8, 4) is 5.75 Å². The Morgan fingerprint density at radius 3 is 2.74 bits per heavy atom. The van der Waals surface area contributed by atoms with Crippen LogP contribution in [0.2, 0.25) is 5.02 Å². The SMILES string of the molecule is Nc1cc(C=O)ccc1OCc1c(F)cccc1Cl. The van der Waals surface area contributed by atoms with Crippen LogP contribution < -0.4 is 10.5 Å². The number of benzene rings is 2. The van der Waals surface area contributed by atoms with Gasteiger partial charge in [0.15, 0.2) is 0 Å². The van der Waals surface area contributed by atoms with E-state index in [1.807, 2.05) is 0 Å². The molecule has 0 spiro atoms. The molecular formula is C14H11ClFNO2. The molecule has 0 aliphatic heterocycles. The van der Waals surface area contributed by atoms with Crippen molar-refractivity contribution >= 4 is 23.6 Å². The van der Waals surface area contributed by atoms with Crippen molar-refractivity contribution in [2.75, 3.05) is 5.73 Å². The third kappa shape index (κ3) is 3.03. The Kier molecular flexibility index (Phi) is 4.02. The van der Waals surface area contributed by atoms with Crippen molar-refractivity contribution in [3.63, 3.8) is 0 Å². The predicted molar refractivity (Wildman–Crippen MR) is 72.0 cm³/mol. The van der Waals surface area contributed by atoms with Crippen LogP contribution in [0.15, 0.2) is 36.4 Å². The van der Waals surface area contributed by atoms with Gasteiger partial charge in [-0.3, -0.25) is 4.79 Å². The maximum Gasteiger partial charge on any atom is 0.150 e. The van der Waals surface area contributed by atoms with E-state index in [0.29, 0.717) is 28.3 Å². The van der Waals surface area contributed by atoms with Gasteiger partial charge in [0.2, 0.25) is 0 Å². The van der Waals surface area contributed by atoms with E-state index in [2.05, 4.69) is 0 Å². The largest absolute Gasteiger partial charge is 0.487 e. The van der Waals surface area contributed by atoms with E-state index in [1.165, 1.54) is 18.2 Å². The number of rotatable bonds is 4. The number of carbonyl (C=O) groups is 1. The normalized spacial score (nSPS) is 10.2. The van der Waals surface area contributed by atoms with Crippen molar-refractivity contribution < 1.29 is 13.9 Å². The number of halogens is 2. The average Bonchev–Trinajstić information content (AvgIpc) is 2.39. The molecule has 0 aromatic heterocycles. The van der Waals surface area contributed by atoms with Gasteiger partial charge in [0.25, 0.3) is 0 Å². The minimum Gasteiger partial charge on any atom is -0.487 e. The van der Waals surface area contributed by atoms with Crippen molar-refractivity contribution in [3.05, 3.63) is 58.4 Å². The highest BCUT2D eigenvalue weighted by Crippen LogP contribution is 2.25. The van der Waals surface area contributed by atoms with Crippen LogP contribution in [0.25, 0.3) is 0 Å². The fourth-order valence-corrected chi connectivity index (χ4v) is 1.81. The molecule has 0 aliphatic rings. The molecule has 2 N–H and O–H groups in total. The van der Waals surface area contributed by atoms with Gasteiger partial charge in [-0.05, 0) is 30.3 Å². The lowest BCUT2D eigenvalue weighted by Crippen LogP contribution is -2.02. The van der Waals surface area contributed by atoms with E-state index in [9.17, 15) is 9.18 Å². The standard InChI is InChI=1S/C14H11ClFNO2/c15-11-2-1-3-12(16)10(11)8-19-14-5-4-9(7-18)6-13(14)17/h1-7H,8,17H2. The highest BCUT2D eigenvalue weighted by atomic mass is 35.5. The molecule has 0 radical (unpaired) electrons. The van der Waals surface area contributed by atoms with Gasteiger partial charge in [-0.1, -0.05) is 17.7 Å². The van der Waals surface area contributed by atoms with Crippen molar-refractivity contribution in [1.29, 1.82) is 0 Å². The molecule has 0 fully saturated rings. The number of ether oxygens (including phenoxy) is 1. The van der Waals surface area contributed by atoms with Gasteiger partial charge in [-0.15, -0.1) is 0 Å². The molecule has 0 amide bonds. The molecule has 0 heterocycles. The lowest BCUT2D eigenvalue weighted by molar-refractivity contribution is 0.112. The molecule has 0 unspecified atom stereocenters. The first-order chi connectivity index (χ1) is 9.11. The lowest BCUT2D eigenvalue weighted by atomic mass is 10.2. The highest BCUT2D eigenvalue weighted by Gasteiger charge is 2.09. The molecule has 2 rings (SSSR count). The van der Waals surface area contributed by atoms with Crippen LogP contribution in [-0.2, 0) is 6.61 Å². The first-order valence-corrected chi connectivity index (χ1v) is 5.90. The molecule has 0 saturated carbocycles. The van der Waals surface area contributed by atoms with E-state index in [0.717, 1.165) is 0 Å². The molecule has 0 saturated heterocycles. The quantitative estimate of drug-likeness (QED) is 0.689. The third-order valence-corrected chi connectivity index (χ3v) is 2.96. The summed E-state index contributed by atoms with van der Waals surface area (Å²) in [4.78, 5) is 10.6. The Balaban J connectivity index is 2.17. The molecule has 2 aromatic carbocycles. The predicted octanol–water partition coefficient (Wildman–Crippen LogP) is 3.45. The number of anilines is 1. The van der Waals surface area contributed by atoms with Gasteiger partial charge in [0.05, 0.1) is 10.7 Å². The van der Waals surface area contributed by atoms with Crippen molar-refractivity contribution in [2.24, 2.45) is 0 Å². The minimum atomic E-state index is -0.435. The first-order valence-electron chi connectivity index (χ1n) is 5.52. The Morgan fingerprint density at radius 2 is 2.11 bits per heavy atom. The average molecular weight is 280 g/mol. The van der Waals surface area contributed by atoms with Crippen LogP contribution in [0, 0.1) is 5.82 Å². The number of carbonyl (C=O) groups excluding carboxylic acids is 1. The summed E-state index contributed by atoms with van der Waals surface area (Å²) < 4.78 is 18.9. The zero-order valence-electron chi connectivity index (χ0n) is 9.90. The van der Waals surface area contributed by atoms with Crippen molar-refractivity contribution in [1.82, 2.24) is 0 Å². The monoisotopic (exact) mass is 279 g/mol. The Hall–Kier alpha value is -2.07. The molecule has 19 heavy (non-hydrogen) atoms. The lowest BCUT2D eigenvalue weighted by Gasteiger charge is -2.10. The van der Waals surface area contributed by atoms with Crippen LogP contribution in [0.3, 0.4) is 0 Å². The maximum atomic E-state index is 13.5. The minimum absolute atomic E-state index is 0.0316. The summed E-state index contributed by atoms with van der Waals surface area (Å²) in [5.74, 6) is -0.0551. The molecular weight excluding hydrogens is 269 g/mol. The van der Waals surface area contributed by atoms with E-state index in [1.54, 1.807) is 18.2 Å². The fraction of sp³-hybridized carbons (Fsp3) is 0.0714. The zero-order chi connectivity index (χ0) is 13.8. The topological polar surface area (TPSA) is 52.3 Å². The summed E-state index contributed by atoms with van der Waals surface area (Å²) in [7, 11) is 0. The Morgan fingerprint density at radius 1 is 1.32 bits per heavy atom. The molecule has 0 atom stereocenters. The first kappa shape index (κ1) is 13.4. The van der Waals surface area contributed by atoms with Crippen LogP contribution in [-0.4, -0.2) is 6.29 Å². The van der Waals surface area contributed by atoms with Gasteiger partial charge in [-0.2, -0.15) is 0 Å². The highest BCUT2D eigenvalue weighted by molar-refractivity contribution is 6.31. The molecule has 0 bridgehead atoms. The van der Waals surface area contributed by atoms with E-state index in [-0.39, 0.29) is 12.2 Å². The van der Waals surface area contributed by atoms with Gasteiger partial charge in [0, 0.05) is 11.1 Å². The number of nitrogens with two attached hydrogens (primary N) is 1. The third-order valence-electron chi connectivity index (χ3n) is 2.60. The van der Waals surface area contributed by atoms with Crippen LogP contribution >= 0.6 is 11.6 Å². The summed E-state index contributed by atoms with van der Waals surface area (Å²) in [6.07, 6.45) is 0.688. The molecule has 98 valence electrons.